The summed E-state index contributed by atoms with van der Waals surface area (Å²) < 4.78 is 23.5. The van der Waals surface area contributed by atoms with Crippen LogP contribution in [0.1, 0.15) is 0 Å². The lowest BCUT2D eigenvalue weighted by Crippen LogP contribution is -1.99. The Labute approximate surface area is 83.8 Å². The zero-order chi connectivity index (χ0) is 10.0. The zero-order valence-corrected chi connectivity index (χ0v) is 8.81. The number of hydrogen-bond donors (Lipinski definition) is 1. The maximum absolute atomic E-state index is 13.4. The van der Waals surface area contributed by atoms with Gasteiger partial charge in [0.05, 0.1) is 24.4 Å². The summed E-state index contributed by atoms with van der Waals surface area (Å²) in [6.45, 7) is 0. The second-order valence-electron chi connectivity index (χ2n) is 2.33. The molecular formula is C8H9BrFNO2. The monoisotopic (exact) mass is 249 g/mol. The number of rotatable bonds is 2. The van der Waals surface area contributed by atoms with Gasteiger partial charge in [0.25, 0.3) is 0 Å². The van der Waals surface area contributed by atoms with Gasteiger partial charge in [0, 0.05) is 0 Å². The van der Waals surface area contributed by atoms with E-state index in [-0.39, 0.29) is 17.2 Å². The largest absolute Gasteiger partial charge is 0.492 e. The van der Waals surface area contributed by atoms with Crippen LogP contribution in [0, 0.1) is 5.82 Å². The first-order chi connectivity index (χ1) is 6.11. The first kappa shape index (κ1) is 10.1. The highest BCUT2D eigenvalue weighted by molar-refractivity contribution is 9.10. The zero-order valence-electron chi connectivity index (χ0n) is 7.23. The molecule has 72 valence electrons. The Bertz CT molecular complexity index is 302. The summed E-state index contributed by atoms with van der Waals surface area (Å²) in [5.41, 5.74) is 5.74. The molecule has 2 N–H and O–H groups in total. The van der Waals surface area contributed by atoms with E-state index in [1.807, 2.05) is 0 Å². The minimum Gasteiger partial charge on any atom is -0.492 e. The predicted molar refractivity (Wildman–Crippen MR) is 51.6 cm³/mol. The minimum atomic E-state index is -0.600. The Morgan fingerprint density at radius 2 is 1.85 bits per heavy atom. The number of ether oxygens (including phenoxy) is 2. The van der Waals surface area contributed by atoms with Gasteiger partial charge in [0.1, 0.15) is 0 Å². The number of hydrogen-bond acceptors (Lipinski definition) is 3. The third kappa shape index (κ3) is 1.70. The second kappa shape index (κ2) is 3.83. The van der Waals surface area contributed by atoms with Gasteiger partial charge in [0.15, 0.2) is 11.5 Å². The SMILES string of the molecule is COc1c(N)cc(Br)c(OC)c1F. The summed E-state index contributed by atoms with van der Waals surface area (Å²) in [5, 5.41) is 0. The predicted octanol–water partition coefficient (Wildman–Crippen LogP) is 2.19. The normalized spacial score (nSPS) is 9.85. The van der Waals surface area contributed by atoms with Crippen LogP contribution in [-0.2, 0) is 0 Å². The molecule has 1 aromatic rings. The molecule has 1 rings (SSSR count). The van der Waals surface area contributed by atoms with E-state index in [1.165, 1.54) is 20.3 Å². The van der Waals surface area contributed by atoms with Gasteiger partial charge in [-0.1, -0.05) is 0 Å². The van der Waals surface area contributed by atoms with Crippen molar-refractivity contribution in [1.82, 2.24) is 0 Å². The standard InChI is InChI=1S/C8H9BrFNO2/c1-12-7-4(9)3-5(11)8(13-2)6(7)10/h3H,11H2,1-2H3. The number of halogens is 2. The fourth-order valence-corrected chi connectivity index (χ4v) is 1.58. The molecule has 5 heteroatoms. The average molecular weight is 250 g/mol. The Hall–Kier alpha value is -0.970. The maximum Gasteiger partial charge on any atom is 0.210 e. The summed E-state index contributed by atoms with van der Waals surface area (Å²) in [4.78, 5) is 0. The molecule has 0 radical (unpaired) electrons. The fraction of sp³-hybridized carbons (Fsp3) is 0.250. The molecule has 0 aromatic heterocycles. The van der Waals surface area contributed by atoms with Gasteiger partial charge in [-0.25, -0.2) is 0 Å². The van der Waals surface area contributed by atoms with Gasteiger partial charge < -0.3 is 15.2 Å². The highest BCUT2D eigenvalue weighted by atomic mass is 79.9. The molecule has 0 unspecified atom stereocenters. The van der Waals surface area contributed by atoms with Gasteiger partial charge in [-0.05, 0) is 22.0 Å². The lowest BCUT2D eigenvalue weighted by molar-refractivity contribution is 0.350. The molecule has 0 saturated carbocycles. The topological polar surface area (TPSA) is 44.5 Å². The quantitative estimate of drug-likeness (QED) is 0.818. The molecule has 0 aliphatic rings. The van der Waals surface area contributed by atoms with Crippen LogP contribution in [0.2, 0.25) is 0 Å². The van der Waals surface area contributed by atoms with Crippen molar-refractivity contribution in [2.24, 2.45) is 0 Å². The second-order valence-corrected chi connectivity index (χ2v) is 3.18. The summed E-state index contributed by atoms with van der Waals surface area (Å²) >= 11 is 3.12. The molecule has 0 fully saturated rings. The summed E-state index contributed by atoms with van der Waals surface area (Å²) in [6.07, 6.45) is 0. The van der Waals surface area contributed by atoms with Crippen molar-refractivity contribution in [2.75, 3.05) is 20.0 Å². The van der Waals surface area contributed by atoms with Crippen molar-refractivity contribution in [1.29, 1.82) is 0 Å². The van der Waals surface area contributed by atoms with Crippen molar-refractivity contribution in [2.45, 2.75) is 0 Å². The van der Waals surface area contributed by atoms with Crippen LogP contribution in [0.25, 0.3) is 0 Å². The Morgan fingerprint density at radius 1 is 1.31 bits per heavy atom. The lowest BCUT2D eigenvalue weighted by Gasteiger charge is -2.10. The van der Waals surface area contributed by atoms with Crippen molar-refractivity contribution in [3.63, 3.8) is 0 Å². The number of anilines is 1. The Kier molecular flexibility index (Phi) is 2.98. The highest BCUT2D eigenvalue weighted by Gasteiger charge is 2.16. The smallest absolute Gasteiger partial charge is 0.210 e. The van der Waals surface area contributed by atoms with Crippen molar-refractivity contribution in [3.8, 4) is 11.5 Å². The van der Waals surface area contributed by atoms with Gasteiger partial charge in [-0.15, -0.1) is 0 Å². The van der Waals surface area contributed by atoms with E-state index >= 15 is 0 Å². The van der Waals surface area contributed by atoms with Crippen LogP contribution in [-0.4, -0.2) is 14.2 Å². The van der Waals surface area contributed by atoms with Crippen LogP contribution >= 0.6 is 15.9 Å². The van der Waals surface area contributed by atoms with Crippen molar-refractivity contribution in [3.05, 3.63) is 16.4 Å². The first-order valence-corrected chi connectivity index (χ1v) is 4.26. The molecule has 0 aliphatic carbocycles. The van der Waals surface area contributed by atoms with Crippen molar-refractivity contribution >= 4 is 21.6 Å². The van der Waals surface area contributed by atoms with Crippen LogP contribution in [0.3, 0.4) is 0 Å². The van der Waals surface area contributed by atoms with E-state index in [9.17, 15) is 4.39 Å². The van der Waals surface area contributed by atoms with Crippen molar-refractivity contribution < 1.29 is 13.9 Å². The van der Waals surface area contributed by atoms with E-state index in [2.05, 4.69) is 15.9 Å². The summed E-state index contributed by atoms with van der Waals surface area (Å²) in [6, 6.07) is 1.53. The molecule has 0 atom stereocenters. The van der Waals surface area contributed by atoms with E-state index in [4.69, 9.17) is 15.2 Å². The van der Waals surface area contributed by atoms with Gasteiger partial charge in [0.2, 0.25) is 5.82 Å². The van der Waals surface area contributed by atoms with Crippen LogP contribution in [0.15, 0.2) is 10.5 Å². The molecule has 13 heavy (non-hydrogen) atoms. The van der Waals surface area contributed by atoms with Crippen LogP contribution in [0.4, 0.5) is 10.1 Å². The fourth-order valence-electron chi connectivity index (χ4n) is 0.997. The third-order valence-corrected chi connectivity index (χ3v) is 2.16. The Balaban J connectivity index is 3.39. The highest BCUT2D eigenvalue weighted by Crippen LogP contribution is 2.38. The van der Waals surface area contributed by atoms with Gasteiger partial charge >= 0.3 is 0 Å². The maximum atomic E-state index is 13.4. The molecule has 0 spiro atoms. The number of methoxy groups -OCH3 is 2. The lowest BCUT2D eigenvalue weighted by atomic mass is 10.2. The number of benzene rings is 1. The molecule has 0 saturated heterocycles. The molecular weight excluding hydrogens is 241 g/mol. The molecule has 3 nitrogen and oxygen atoms in total. The molecule has 0 heterocycles. The molecule has 0 amide bonds. The minimum absolute atomic E-state index is 0.0000463. The van der Waals surface area contributed by atoms with E-state index in [1.54, 1.807) is 0 Å². The third-order valence-electron chi connectivity index (χ3n) is 1.57. The number of nitrogens with two attached hydrogens (primary N) is 1. The summed E-state index contributed by atoms with van der Waals surface area (Å²) in [7, 11) is 2.72. The Morgan fingerprint density at radius 3 is 2.31 bits per heavy atom. The van der Waals surface area contributed by atoms with Gasteiger partial charge in [-0.3, -0.25) is 0 Å². The van der Waals surface area contributed by atoms with Crippen LogP contribution in [0.5, 0.6) is 11.5 Å². The molecule has 0 bridgehead atoms. The van der Waals surface area contributed by atoms with E-state index < -0.39 is 5.82 Å². The number of nitrogen functional groups attached to an aromatic ring is 1. The summed E-state index contributed by atoms with van der Waals surface area (Å²) in [5.74, 6) is -0.511. The average Bonchev–Trinajstić information content (AvgIpc) is 2.04. The molecule has 0 aliphatic heterocycles. The van der Waals surface area contributed by atoms with E-state index in [0.717, 1.165) is 0 Å². The van der Waals surface area contributed by atoms with Gasteiger partial charge in [-0.2, -0.15) is 4.39 Å². The van der Waals surface area contributed by atoms with Crippen LogP contribution < -0.4 is 15.2 Å². The van der Waals surface area contributed by atoms with E-state index in [0.29, 0.717) is 4.47 Å². The first-order valence-electron chi connectivity index (χ1n) is 3.47. The molecule has 1 aromatic carbocycles.